The van der Waals surface area contributed by atoms with E-state index in [1.165, 1.54) is 0 Å². The highest BCUT2D eigenvalue weighted by molar-refractivity contribution is 5.51. The van der Waals surface area contributed by atoms with Gasteiger partial charge in [-0.05, 0) is 25.3 Å². The molecule has 4 N–H and O–H groups in total. The van der Waals surface area contributed by atoms with Crippen molar-refractivity contribution in [3.05, 3.63) is 18.5 Å². The van der Waals surface area contributed by atoms with Gasteiger partial charge in [-0.25, -0.2) is 4.98 Å². The number of anilines is 1. The lowest BCUT2D eigenvalue weighted by Gasteiger charge is -2.11. The molecule has 18 heavy (non-hydrogen) atoms. The molecule has 3 rings (SSSR count). The van der Waals surface area contributed by atoms with Crippen LogP contribution in [-0.2, 0) is 0 Å². The van der Waals surface area contributed by atoms with Crippen LogP contribution < -0.4 is 11.1 Å². The lowest BCUT2D eigenvalue weighted by Crippen LogP contribution is -2.21. The molecule has 7 heteroatoms. The second kappa shape index (κ2) is 4.69. The number of nitrogens with two attached hydrogens (primary N) is 1. The van der Waals surface area contributed by atoms with E-state index in [4.69, 9.17) is 5.73 Å². The van der Waals surface area contributed by atoms with E-state index in [1.807, 2.05) is 6.07 Å². The van der Waals surface area contributed by atoms with E-state index in [2.05, 4.69) is 30.7 Å². The fourth-order valence-electron chi connectivity index (χ4n) is 2.19. The van der Waals surface area contributed by atoms with Crippen molar-refractivity contribution in [1.82, 2.24) is 25.4 Å². The maximum Gasteiger partial charge on any atom is 0.242 e. The summed E-state index contributed by atoms with van der Waals surface area (Å²) in [6.07, 6.45) is 6.43. The number of hydrogen-bond acceptors (Lipinski definition) is 6. The summed E-state index contributed by atoms with van der Waals surface area (Å²) in [4.78, 5) is 4.25. The number of nitrogens with one attached hydrogen (secondary N) is 2. The number of H-pyrrole nitrogens is 1. The van der Waals surface area contributed by atoms with Crippen LogP contribution >= 0.6 is 0 Å². The summed E-state index contributed by atoms with van der Waals surface area (Å²) in [5, 5.41) is 18.1. The molecule has 0 radical (unpaired) electrons. The van der Waals surface area contributed by atoms with Gasteiger partial charge in [0.05, 0.1) is 11.9 Å². The van der Waals surface area contributed by atoms with E-state index in [0.29, 0.717) is 23.7 Å². The Balaban J connectivity index is 1.68. The zero-order valence-electron chi connectivity index (χ0n) is 9.87. The lowest BCUT2D eigenvalue weighted by atomic mass is 10.2. The third-order valence-corrected chi connectivity index (χ3v) is 3.14. The first-order chi connectivity index (χ1) is 8.81. The van der Waals surface area contributed by atoms with Crippen molar-refractivity contribution >= 4 is 5.95 Å². The second-order valence-electron chi connectivity index (χ2n) is 4.55. The molecule has 94 valence electrons. The van der Waals surface area contributed by atoms with E-state index in [0.717, 1.165) is 25.0 Å². The van der Waals surface area contributed by atoms with Crippen molar-refractivity contribution in [3.63, 3.8) is 0 Å². The number of aromatic amines is 1. The quantitative estimate of drug-likeness (QED) is 0.729. The highest BCUT2D eigenvalue weighted by Crippen LogP contribution is 2.20. The first-order valence-electron chi connectivity index (χ1n) is 6.03. The van der Waals surface area contributed by atoms with Gasteiger partial charge >= 0.3 is 0 Å². The maximum atomic E-state index is 5.86. The largest absolute Gasteiger partial charge is 0.350 e. The SMILES string of the molecule is N[C@H]1CC[C@H](Nc2ncc(-c3ccn[nH]3)nn2)C1. The molecule has 1 aliphatic carbocycles. The normalized spacial score (nSPS) is 23.2. The molecule has 0 bridgehead atoms. The van der Waals surface area contributed by atoms with Gasteiger partial charge in [-0.2, -0.15) is 5.10 Å². The van der Waals surface area contributed by atoms with Crippen LogP contribution in [0.25, 0.3) is 11.4 Å². The summed E-state index contributed by atoms with van der Waals surface area (Å²) in [6, 6.07) is 2.48. The Morgan fingerprint density at radius 1 is 1.33 bits per heavy atom. The topological polar surface area (TPSA) is 105 Å². The van der Waals surface area contributed by atoms with Crippen LogP contribution in [0.4, 0.5) is 5.95 Å². The smallest absolute Gasteiger partial charge is 0.242 e. The van der Waals surface area contributed by atoms with Gasteiger partial charge < -0.3 is 11.1 Å². The summed E-state index contributed by atoms with van der Waals surface area (Å²) >= 11 is 0. The Kier molecular flexibility index (Phi) is 2.89. The zero-order chi connectivity index (χ0) is 12.4. The van der Waals surface area contributed by atoms with E-state index in [-0.39, 0.29) is 0 Å². The molecule has 0 amide bonds. The summed E-state index contributed by atoms with van der Waals surface area (Å²) in [6.45, 7) is 0. The molecule has 1 saturated carbocycles. The number of rotatable bonds is 3. The van der Waals surface area contributed by atoms with Crippen molar-refractivity contribution < 1.29 is 0 Å². The number of aromatic nitrogens is 5. The maximum absolute atomic E-state index is 5.86. The Hall–Kier alpha value is -2.02. The summed E-state index contributed by atoms with van der Waals surface area (Å²) in [7, 11) is 0. The Morgan fingerprint density at radius 3 is 2.89 bits per heavy atom. The fraction of sp³-hybridized carbons (Fsp3) is 0.455. The highest BCUT2D eigenvalue weighted by atomic mass is 15.3. The Morgan fingerprint density at radius 2 is 2.28 bits per heavy atom. The van der Waals surface area contributed by atoms with Crippen molar-refractivity contribution in [1.29, 1.82) is 0 Å². The zero-order valence-corrected chi connectivity index (χ0v) is 9.87. The van der Waals surface area contributed by atoms with Gasteiger partial charge in [0, 0.05) is 18.3 Å². The molecule has 1 aliphatic rings. The van der Waals surface area contributed by atoms with Crippen molar-refractivity contribution in [2.45, 2.75) is 31.3 Å². The molecule has 2 heterocycles. The molecule has 0 aromatic carbocycles. The summed E-state index contributed by atoms with van der Waals surface area (Å²) in [5.41, 5.74) is 7.35. The van der Waals surface area contributed by atoms with Crippen LogP contribution in [0.3, 0.4) is 0 Å². The third-order valence-electron chi connectivity index (χ3n) is 3.14. The summed E-state index contributed by atoms with van der Waals surface area (Å²) in [5.74, 6) is 0.553. The molecule has 0 spiro atoms. The first-order valence-corrected chi connectivity index (χ1v) is 6.03. The minimum atomic E-state index is 0.291. The standard InChI is InChI=1S/C11H15N7/c12-7-1-2-8(5-7)15-11-13-6-10(17-18-11)9-3-4-14-16-9/h3-4,6-8H,1-2,5,12H2,(H,14,16)(H,13,15,18)/t7-,8-/m0/s1. The van der Waals surface area contributed by atoms with Gasteiger partial charge in [-0.15, -0.1) is 10.2 Å². The van der Waals surface area contributed by atoms with Gasteiger partial charge in [0.1, 0.15) is 5.69 Å². The molecule has 0 unspecified atom stereocenters. The van der Waals surface area contributed by atoms with Crippen LogP contribution in [0.5, 0.6) is 0 Å². The minimum absolute atomic E-state index is 0.291. The van der Waals surface area contributed by atoms with E-state index < -0.39 is 0 Å². The molecule has 0 aliphatic heterocycles. The van der Waals surface area contributed by atoms with Crippen molar-refractivity contribution in [3.8, 4) is 11.4 Å². The lowest BCUT2D eigenvalue weighted by molar-refractivity contribution is 0.683. The first kappa shape index (κ1) is 11.1. The van der Waals surface area contributed by atoms with Gasteiger partial charge in [0.25, 0.3) is 0 Å². The van der Waals surface area contributed by atoms with Crippen molar-refractivity contribution in [2.24, 2.45) is 5.73 Å². The molecule has 7 nitrogen and oxygen atoms in total. The summed E-state index contributed by atoms with van der Waals surface area (Å²) < 4.78 is 0. The van der Waals surface area contributed by atoms with Crippen LogP contribution in [-0.4, -0.2) is 37.5 Å². The third kappa shape index (κ3) is 2.30. The predicted octanol–water partition coefficient (Wildman–Crippen LogP) is 0.553. The molecule has 2 aromatic rings. The van der Waals surface area contributed by atoms with E-state index >= 15 is 0 Å². The van der Waals surface area contributed by atoms with Gasteiger partial charge in [-0.3, -0.25) is 5.10 Å². The molecule has 2 atom stereocenters. The average Bonchev–Trinajstić information content (AvgIpc) is 3.02. The molecule has 1 fully saturated rings. The van der Waals surface area contributed by atoms with Gasteiger partial charge in [-0.1, -0.05) is 0 Å². The van der Waals surface area contributed by atoms with Crippen LogP contribution in [0, 0.1) is 0 Å². The molecule has 2 aromatic heterocycles. The molecular weight excluding hydrogens is 230 g/mol. The van der Waals surface area contributed by atoms with Gasteiger partial charge in [0.2, 0.25) is 5.95 Å². The van der Waals surface area contributed by atoms with Crippen LogP contribution in [0.15, 0.2) is 18.5 Å². The fourth-order valence-corrected chi connectivity index (χ4v) is 2.19. The van der Waals surface area contributed by atoms with Crippen molar-refractivity contribution in [2.75, 3.05) is 5.32 Å². The number of hydrogen-bond donors (Lipinski definition) is 3. The predicted molar refractivity (Wildman–Crippen MR) is 66.6 cm³/mol. The van der Waals surface area contributed by atoms with E-state index in [9.17, 15) is 0 Å². The average molecular weight is 245 g/mol. The molecular formula is C11H15N7. The number of nitrogens with zero attached hydrogens (tertiary/aromatic N) is 4. The Bertz CT molecular complexity index is 493. The van der Waals surface area contributed by atoms with Gasteiger partial charge in [0.15, 0.2) is 0 Å². The molecule has 0 saturated heterocycles. The highest BCUT2D eigenvalue weighted by Gasteiger charge is 2.22. The van der Waals surface area contributed by atoms with Crippen LogP contribution in [0.2, 0.25) is 0 Å². The van der Waals surface area contributed by atoms with Crippen LogP contribution in [0.1, 0.15) is 19.3 Å². The second-order valence-corrected chi connectivity index (χ2v) is 4.55. The minimum Gasteiger partial charge on any atom is -0.350 e. The van der Waals surface area contributed by atoms with E-state index in [1.54, 1.807) is 12.4 Å². The Labute approximate surface area is 104 Å². The monoisotopic (exact) mass is 245 g/mol.